The third-order valence-corrected chi connectivity index (χ3v) is 4.01. The highest BCUT2D eigenvalue weighted by molar-refractivity contribution is 5.97. The third-order valence-electron chi connectivity index (χ3n) is 4.01. The molecule has 0 aliphatic carbocycles. The topological polar surface area (TPSA) is 59.8 Å². The molecule has 0 fully saturated rings. The van der Waals surface area contributed by atoms with Crippen LogP contribution in [0.2, 0.25) is 0 Å². The zero-order valence-corrected chi connectivity index (χ0v) is 13.6. The first-order valence-corrected chi connectivity index (χ1v) is 7.76. The van der Waals surface area contributed by atoms with Gasteiger partial charge in [0.15, 0.2) is 0 Å². The molecule has 0 atom stereocenters. The van der Waals surface area contributed by atoms with Crippen molar-refractivity contribution in [3.63, 3.8) is 0 Å². The maximum Gasteiger partial charge on any atom is 0.251 e. The molecule has 0 unspecified atom stereocenters. The van der Waals surface area contributed by atoms with Gasteiger partial charge in [-0.05, 0) is 50.1 Å². The smallest absolute Gasteiger partial charge is 0.251 e. The summed E-state index contributed by atoms with van der Waals surface area (Å²) in [5, 5.41) is 11.1. The van der Waals surface area contributed by atoms with Crippen LogP contribution in [0.5, 0.6) is 0 Å². The number of benzene rings is 2. The van der Waals surface area contributed by atoms with Gasteiger partial charge in [0.1, 0.15) is 5.52 Å². The number of aryl methyl sites for hydroxylation is 3. The Bertz CT molecular complexity index is 867. The number of nitrogens with zero attached hydrogens (tertiary/aromatic N) is 3. The van der Waals surface area contributed by atoms with E-state index in [0.29, 0.717) is 12.1 Å². The van der Waals surface area contributed by atoms with Crippen LogP contribution >= 0.6 is 0 Å². The van der Waals surface area contributed by atoms with Crippen LogP contribution in [0.15, 0.2) is 36.4 Å². The fourth-order valence-electron chi connectivity index (χ4n) is 2.67. The zero-order chi connectivity index (χ0) is 16.4. The Morgan fingerprint density at radius 3 is 2.74 bits per heavy atom. The highest BCUT2D eigenvalue weighted by Gasteiger charge is 2.10. The van der Waals surface area contributed by atoms with E-state index in [0.717, 1.165) is 23.1 Å². The first-order valence-electron chi connectivity index (χ1n) is 7.76. The second kappa shape index (κ2) is 6.20. The van der Waals surface area contributed by atoms with Crippen LogP contribution in [0.25, 0.3) is 11.0 Å². The van der Waals surface area contributed by atoms with Gasteiger partial charge in [-0.1, -0.05) is 29.0 Å². The Morgan fingerprint density at radius 2 is 2.00 bits per heavy atom. The van der Waals surface area contributed by atoms with Crippen molar-refractivity contribution in [1.82, 2.24) is 20.3 Å². The maximum absolute atomic E-state index is 12.4. The van der Waals surface area contributed by atoms with Gasteiger partial charge in [0.25, 0.3) is 5.91 Å². The minimum atomic E-state index is -0.0991. The van der Waals surface area contributed by atoms with Gasteiger partial charge in [-0.2, -0.15) is 0 Å². The molecule has 23 heavy (non-hydrogen) atoms. The number of carbonyl (C=O) groups is 1. The average Bonchev–Trinajstić information content (AvgIpc) is 2.96. The van der Waals surface area contributed by atoms with E-state index in [1.807, 2.05) is 23.7 Å². The minimum Gasteiger partial charge on any atom is -0.348 e. The van der Waals surface area contributed by atoms with E-state index in [-0.39, 0.29) is 5.91 Å². The number of amides is 1. The van der Waals surface area contributed by atoms with Crippen LogP contribution in [0.4, 0.5) is 0 Å². The van der Waals surface area contributed by atoms with Gasteiger partial charge in [-0.3, -0.25) is 4.79 Å². The molecule has 0 aliphatic rings. The largest absolute Gasteiger partial charge is 0.348 e. The molecule has 118 valence electrons. The monoisotopic (exact) mass is 308 g/mol. The molecule has 3 rings (SSSR count). The van der Waals surface area contributed by atoms with E-state index in [1.54, 1.807) is 6.07 Å². The summed E-state index contributed by atoms with van der Waals surface area (Å²) in [4.78, 5) is 12.4. The molecule has 1 N–H and O–H groups in total. The lowest BCUT2D eigenvalue weighted by atomic mass is 10.1. The molecule has 5 heteroatoms. The summed E-state index contributed by atoms with van der Waals surface area (Å²) in [5.41, 5.74) is 5.82. The summed E-state index contributed by atoms with van der Waals surface area (Å²) >= 11 is 0. The van der Waals surface area contributed by atoms with Crippen molar-refractivity contribution < 1.29 is 4.79 Å². The fraction of sp³-hybridized carbons (Fsp3) is 0.278. The Balaban J connectivity index is 1.75. The molecule has 0 spiro atoms. The van der Waals surface area contributed by atoms with Crippen LogP contribution in [-0.2, 0) is 13.1 Å². The lowest BCUT2D eigenvalue weighted by Crippen LogP contribution is -2.23. The molecular formula is C18H20N4O. The predicted octanol–water partition coefficient (Wildman–Crippen LogP) is 3.00. The van der Waals surface area contributed by atoms with Crippen LogP contribution < -0.4 is 5.32 Å². The molecule has 1 amide bonds. The first-order chi connectivity index (χ1) is 11.1. The number of nitrogens with one attached hydrogen (secondary N) is 1. The fourth-order valence-corrected chi connectivity index (χ4v) is 2.67. The second-order valence-corrected chi connectivity index (χ2v) is 5.72. The number of hydrogen-bond acceptors (Lipinski definition) is 3. The molecule has 0 saturated carbocycles. The van der Waals surface area contributed by atoms with Crippen LogP contribution in [0, 0.1) is 13.8 Å². The third kappa shape index (κ3) is 3.08. The van der Waals surface area contributed by atoms with Gasteiger partial charge in [-0.15, -0.1) is 5.10 Å². The SMILES string of the molecule is CCn1nnc2cc(C(=O)NCc3ccc(C)cc3C)ccc21. The standard InChI is InChI=1S/C18H20N4O/c1-4-22-17-8-7-14(10-16(17)20-21-22)18(23)19-11-15-6-5-12(2)9-13(15)3/h5-10H,4,11H2,1-3H3,(H,19,23). The summed E-state index contributed by atoms with van der Waals surface area (Å²) in [5.74, 6) is -0.0991. The molecule has 0 aliphatic heterocycles. The van der Waals surface area contributed by atoms with E-state index in [9.17, 15) is 4.79 Å². The minimum absolute atomic E-state index is 0.0991. The van der Waals surface area contributed by atoms with E-state index in [4.69, 9.17) is 0 Å². The molecule has 0 radical (unpaired) electrons. The molecular weight excluding hydrogens is 288 g/mol. The molecule has 0 saturated heterocycles. The van der Waals surface area contributed by atoms with Gasteiger partial charge in [0.05, 0.1) is 5.52 Å². The van der Waals surface area contributed by atoms with Crippen molar-refractivity contribution in [2.24, 2.45) is 0 Å². The number of aromatic nitrogens is 3. The average molecular weight is 308 g/mol. The first kappa shape index (κ1) is 15.2. The highest BCUT2D eigenvalue weighted by atomic mass is 16.1. The Morgan fingerprint density at radius 1 is 1.17 bits per heavy atom. The van der Waals surface area contributed by atoms with Crippen LogP contribution in [0.1, 0.15) is 34.0 Å². The van der Waals surface area contributed by atoms with Gasteiger partial charge in [0.2, 0.25) is 0 Å². The Labute approximate surface area is 135 Å². The van der Waals surface area contributed by atoms with Crippen molar-refractivity contribution in [2.75, 3.05) is 0 Å². The van der Waals surface area contributed by atoms with Crippen molar-refractivity contribution in [2.45, 2.75) is 33.9 Å². The normalized spacial score (nSPS) is 10.9. The maximum atomic E-state index is 12.4. The predicted molar refractivity (Wildman–Crippen MR) is 90.3 cm³/mol. The lowest BCUT2D eigenvalue weighted by molar-refractivity contribution is 0.0951. The lowest BCUT2D eigenvalue weighted by Gasteiger charge is -2.09. The van der Waals surface area contributed by atoms with Crippen LogP contribution in [-0.4, -0.2) is 20.9 Å². The zero-order valence-electron chi connectivity index (χ0n) is 13.6. The van der Waals surface area contributed by atoms with E-state index in [1.165, 1.54) is 11.1 Å². The summed E-state index contributed by atoms with van der Waals surface area (Å²) < 4.78 is 1.81. The van der Waals surface area contributed by atoms with Crippen molar-refractivity contribution in [3.05, 3.63) is 58.7 Å². The molecule has 2 aromatic carbocycles. The van der Waals surface area contributed by atoms with Crippen LogP contribution in [0.3, 0.4) is 0 Å². The highest BCUT2D eigenvalue weighted by Crippen LogP contribution is 2.14. The summed E-state index contributed by atoms with van der Waals surface area (Å²) in [7, 11) is 0. The van der Waals surface area contributed by atoms with Crippen molar-refractivity contribution >= 4 is 16.9 Å². The van der Waals surface area contributed by atoms with Gasteiger partial charge >= 0.3 is 0 Å². The van der Waals surface area contributed by atoms with Crippen molar-refractivity contribution in [3.8, 4) is 0 Å². The second-order valence-electron chi connectivity index (χ2n) is 5.72. The van der Waals surface area contributed by atoms with E-state index in [2.05, 4.69) is 47.7 Å². The number of rotatable bonds is 4. The summed E-state index contributed by atoms with van der Waals surface area (Å²) in [6, 6.07) is 11.7. The molecule has 5 nitrogen and oxygen atoms in total. The number of fused-ring (bicyclic) bond motifs is 1. The summed E-state index contributed by atoms with van der Waals surface area (Å²) in [6.07, 6.45) is 0. The molecule has 1 heterocycles. The Kier molecular flexibility index (Phi) is 4.10. The number of carbonyl (C=O) groups excluding carboxylic acids is 1. The number of hydrogen-bond donors (Lipinski definition) is 1. The molecule has 3 aromatic rings. The quantitative estimate of drug-likeness (QED) is 0.806. The summed E-state index contributed by atoms with van der Waals surface area (Å²) in [6.45, 7) is 7.41. The van der Waals surface area contributed by atoms with E-state index < -0.39 is 0 Å². The van der Waals surface area contributed by atoms with E-state index >= 15 is 0 Å². The Hall–Kier alpha value is -2.69. The van der Waals surface area contributed by atoms with Gasteiger partial charge in [-0.25, -0.2) is 4.68 Å². The van der Waals surface area contributed by atoms with Gasteiger partial charge < -0.3 is 5.32 Å². The molecule has 1 aromatic heterocycles. The van der Waals surface area contributed by atoms with Gasteiger partial charge in [0, 0.05) is 18.7 Å². The molecule has 0 bridgehead atoms. The van der Waals surface area contributed by atoms with Crippen molar-refractivity contribution in [1.29, 1.82) is 0 Å².